The highest BCUT2D eigenvalue weighted by Gasteiger charge is 2.31. The fraction of sp³-hybridized carbons (Fsp3) is 0.259. The Balaban J connectivity index is 1.89. The lowest BCUT2D eigenvalue weighted by molar-refractivity contribution is -0.143. The van der Waals surface area contributed by atoms with Crippen molar-refractivity contribution < 1.29 is 18.7 Å². The molecule has 0 heterocycles. The summed E-state index contributed by atoms with van der Waals surface area (Å²) in [7, 11) is 0. The SMILES string of the molecule is CC(C)NC(=O)[C@@H](Cc1ccccc1)N(Cc1ccc(F)cc1)C(=O)COc1ccc(I)cc1. The third kappa shape index (κ3) is 7.83. The van der Waals surface area contributed by atoms with Gasteiger partial charge in [0.2, 0.25) is 5.91 Å². The Morgan fingerprint density at radius 2 is 1.59 bits per heavy atom. The van der Waals surface area contributed by atoms with Gasteiger partial charge >= 0.3 is 0 Å². The topological polar surface area (TPSA) is 58.6 Å². The summed E-state index contributed by atoms with van der Waals surface area (Å²) in [5.41, 5.74) is 1.65. The van der Waals surface area contributed by atoms with E-state index in [1.807, 2.05) is 56.3 Å². The predicted molar refractivity (Wildman–Crippen MR) is 139 cm³/mol. The molecular weight excluding hydrogens is 546 g/mol. The summed E-state index contributed by atoms with van der Waals surface area (Å²) >= 11 is 2.20. The number of hydrogen-bond acceptors (Lipinski definition) is 3. The van der Waals surface area contributed by atoms with Crippen LogP contribution in [0.5, 0.6) is 5.75 Å². The molecule has 0 spiro atoms. The fourth-order valence-electron chi connectivity index (χ4n) is 3.48. The molecule has 0 aliphatic heterocycles. The second kappa shape index (κ2) is 12.5. The number of nitrogens with one attached hydrogen (secondary N) is 1. The summed E-state index contributed by atoms with van der Waals surface area (Å²) in [5, 5.41) is 2.94. The Morgan fingerprint density at radius 1 is 0.941 bits per heavy atom. The molecule has 0 fully saturated rings. The number of amides is 2. The van der Waals surface area contributed by atoms with Gasteiger partial charge in [-0.25, -0.2) is 4.39 Å². The van der Waals surface area contributed by atoms with E-state index in [2.05, 4.69) is 27.9 Å². The first-order valence-corrected chi connectivity index (χ1v) is 12.2. The van der Waals surface area contributed by atoms with Crippen LogP contribution in [0, 0.1) is 9.39 Å². The zero-order valence-corrected chi connectivity index (χ0v) is 21.4. The molecule has 178 valence electrons. The van der Waals surface area contributed by atoms with E-state index in [0.29, 0.717) is 12.2 Å². The first-order chi connectivity index (χ1) is 16.3. The quantitative estimate of drug-likeness (QED) is 0.348. The molecule has 0 aliphatic carbocycles. The molecule has 2 amide bonds. The summed E-state index contributed by atoms with van der Waals surface area (Å²) in [6.45, 7) is 3.69. The van der Waals surface area contributed by atoms with Crippen LogP contribution in [0.15, 0.2) is 78.9 Å². The molecule has 34 heavy (non-hydrogen) atoms. The van der Waals surface area contributed by atoms with E-state index in [1.165, 1.54) is 17.0 Å². The van der Waals surface area contributed by atoms with Crippen molar-refractivity contribution in [2.45, 2.75) is 38.9 Å². The van der Waals surface area contributed by atoms with Crippen molar-refractivity contribution in [1.29, 1.82) is 0 Å². The van der Waals surface area contributed by atoms with Crippen molar-refractivity contribution in [2.24, 2.45) is 0 Å². The van der Waals surface area contributed by atoms with Gasteiger partial charge in [0.15, 0.2) is 6.61 Å². The van der Waals surface area contributed by atoms with Gasteiger partial charge in [-0.15, -0.1) is 0 Å². The van der Waals surface area contributed by atoms with Crippen LogP contribution in [-0.2, 0) is 22.6 Å². The molecule has 3 aromatic rings. The number of ether oxygens (including phenoxy) is 1. The number of carbonyl (C=O) groups is 2. The standard InChI is InChI=1S/C27H28FIN2O3/c1-19(2)30-27(33)25(16-20-6-4-3-5-7-20)31(17-21-8-10-22(28)11-9-21)26(32)18-34-24-14-12-23(29)13-15-24/h3-15,19,25H,16-18H2,1-2H3,(H,30,33)/t25-/m1/s1. The van der Waals surface area contributed by atoms with Crippen LogP contribution in [0.25, 0.3) is 0 Å². The van der Waals surface area contributed by atoms with E-state index in [9.17, 15) is 14.0 Å². The van der Waals surface area contributed by atoms with Crippen LogP contribution < -0.4 is 10.1 Å². The normalized spacial score (nSPS) is 11.7. The van der Waals surface area contributed by atoms with Crippen LogP contribution in [0.3, 0.4) is 0 Å². The van der Waals surface area contributed by atoms with Crippen LogP contribution in [0.2, 0.25) is 0 Å². The van der Waals surface area contributed by atoms with Gasteiger partial charge in [-0.3, -0.25) is 9.59 Å². The highest BCUT2D eigenvalue weighted by molar-refractivity contribution is 14.1. The molecule has 3 rings (SSSR count). The Hall–Kier alpha value is -2.94. The molecule has 1 atom stereocenters. The van der Waals surface area contributed by atoms with Crippen LogP contribution in [0.4, 0.5) is 4.39 Å². The maximum atomic E-state index is 13.5. The maximum Gasteiger partial charge on any atom is 0.261 e. The van der Waals surface area contributed by atoms with Crippen molar-refractivity contribution >= 4 is 34.4 Å². The lowest BCUT2D eigenvalue weighted by Gasteiger charge is -2.32. The summed E-state index contributed by atoms with van der Waals surface area (Å²) in [6, 6.07) is 22.0. The second-order valence-corrected chi connectivity index (χ2v) is 9.51. The summed E-state index contributed by atoms with van der Waals surface area (Å²) in [5.74, 6) is -0.366. The minimum absolute atomic E-state index is 0.0865. The molecule has 3 aromatic carbocycles. The number of nitrogens with zero attached hydrogens (tertiary/aromatic N) is 1. The molecule has 0 bridgehead atoms. The van der Waals surface area contributed by atoms with Crippen molar-refractivity contribution in [3.05, 3.63) is 99.4 Å². The Morgan fingerprint density at radius 3 is 2.21 bits per heavy atom. The zero-order valence-electron chi connectivity index (χ0n) is 19.2. The Kier molecular flexibility index (Phi) is 9.44. The molecule has 1 N–H and O–H groups in total. The third-order valence-electron chi connectivity index (χ3n) is 5.14. The second-order valence-electron chi connectivity index (χ2n) is 8.26. The average Bonchev–Trinajstić information content (AvgIpc) is 2.82. The van der Waals surface area contributed by atoms with E-state index < -0.39 is 6.04 Å². The Bertz CT molecular complexity index is 1070. The first-order valence-electron chi connectivity index (χ1n) is 11.1. The van der Waals surface area contributed by atoms with Crippen LogP contribution >= 0.6 is 22.6 Å². The molecule has 0 aromatic heterocycles. The average molecular weight is 574 g/mol. The lowest BCUT2D eigenvalue weighted by Crippen LogP contribution is -2.52. The van der Waals surface area contributed by atoms with E-state index >= 15 is 0 Å². The smallest absolute Gasteiger partial charge is 0.261 e. The van der Waals surface area contributed by atoms with E-state index in [0.717, 1.165) is 14.7 Å². The molecular formula is C27H28FIN2O3. The minimum Gasteiger partial charge on any atom is -0.484 e. The largest absolute Gasteiger partial charge is 0.484 e. The maximum absolute atomic E-state index is 13.5. The monoisotopic (exact) mass is 574 g/mol. The van der Waals surface area contributed by atoms with Gasteiger partial charge in [-0.05, 0) is 84.0 Å². The molecule has 7 heteroatoms. The Labute approximate surface area is 213 Å². The van der Waals surface area contributed by atoms with E-state index in [-0.39, 0.29) is 36.8 Å². The molecule has 0 saturated carbocycles. The van der Waals surface area contributed by atoms with Gasteiger partial charge < -0.3 is 15.0 Å². The number of hydrogen-bond donors (Lipinski definition) is 1. The minimum atomic E-state index is -0.761. The molecule has 0 aliphatic rings. The molecule has 0 radical (unpaired) electrons. The van der Waals surface area contributed by atoms with Crippen LogP contribution in [0.1, 0.15) is 25.0 Å². The molecule has 5 nitrogen and oxygen atoms in total. The highest BCUT2D eigenvalue weighted by atomic mass is 127. The predicted octanol–water partition coefficient (Wildman–Crippen LogP) is 4.97. The fourth-order valence-corrected chi connectivity index (χ4v) is 3.84. The zero-order chi connectivity index (χ0) is 24.5. The van der Waals surface area contributed by atoms with E-state index in [1.54, 1.807) is 24.3 Å². The summed E-state index contributed by atoms with van der Waals surface area (Å²) < 4.78 is 20.3. The highest BCUT2D eigenvalue weighted by Crippen LogP contribution is 2.17. The van der Waals surface area contributed by atoms with Gasteiger partial charge in [0.1, 0.15) is 17.6 Å². The van der Waals surface area contributed by atoms with Crippen molar-refractivity contribution in [1.82, 2.24) is 10.2 Å². The van der Waals surface area contributed by atoms with Gasteiger partial charge in [0.05, 0.1) is 0 Å². The summed E-state index contributed by atoms with van der Waals surface area (Å²) in [6.07, 6.45) is 0.343. The van der Waals surface area contributed by atoms with Crippen molar-refractivity contribution in [2.75, 3.05) is 6.61 Å². The number of halogens is 2. The number of rotatable bonds is 10. The van der Waals surface area contributed by atoms with Gasteiger partial charge in [0.25, 0.3) is 5.91 Å². The molecule has 0 saturated heterocycles. The van der Waals surface area contributed by atoms with Gasteiger partial charge in [-0.1, -0.05) is 42.5 Å². The lowest BCUT2D eigenvalue weighted by atomic mass is 10.0. The first kappa shape index (κ1) is 25.7. The number of benzene rings is 3. The van der Waals surface area contributed by atoms with E-state index in [4.69, 9.17) is 4.74 Å². The number of carbonyl (C=O) groups excluding carboxylic acids is 2. The van der Waals surface area contributed by atoms with Crippen molar-refractivity contribution in [3.8, 4) is 5.75 Å². The van der Waals surface area contributed by atoms with Crippen LogP contribution in [-0.4, -0.2) is 35.4 Å². The third-order valence-corrected chi connectivity index (χ3v) is 5.86. The van der Waals surface area contributed by atoms with Gasteiger partial charge in [0, 0.05) is 22.6 Å². The van der Waals surface area contributed by atoms with Gasteiger partial charge in [-0.2, -0.15) is 0 Å². The van der Waals surface area contributed by atoms with Crippen molar-refractivity contribution in [3.63, 3.8) is 0 Å². The summed E-state index contributed by atoms with van der Waals surface area (Å²) in [4.78, 5) is 28.2. The molecule has 0 unspecified atom stereocenters.